The van der Waals surface area contributed by atoms with Crippen molar-refractivity contribution in [3.63, 3.8) is 0 Å². The summed E-state index contributed by atoms with van der Waals surface area (Å²) < 4.78 is 0. The summed E-state index contributed by atoms with van der Waals surface area (Å²) in [5.74, 6) is -0.106. The van der Waals surface area contributed by atoms with Crippen molar-refractivity contribution >= 4 is 17.3 Å². The van der Waals surface area contributed by atoms with Gasteiger partial charge in [0.2, 0.25) is 0 Å². The number of pyridine rings is 1. The zero-order valence-electron chi connectivity index (χ0n) is 13.9. The number of carbonyl (C=O) groups is 1. The first-order valence-corrected chi connectivity index (χ1v) is 8.44. The van der Waals surface area contributed by atoms with Gasteiger partial charge in [-0.25, -0.2) is 0 Å². The molecule has 25 heavy (non-hydrogen) atoms. The van der Waals surface area contributed by atoms with Gasteiger partial charge in [-0.2, -0.15) is 0 Å². The van der Waals surface area contributed by atoms with Crippen LogP contribution in [0.2, 0.25) is 0 Å². The summed E-state index contributed by atoms with van der Waals surface area (Å²) in [6.07, 6.45) is 4.45. The van der Waals surface area contributed by atoms with E-state index in [4.69, 9.17) is 0 Å². The lowest BCUT2D eigenvalue weighted by Gasteiger charge is -2.19. The molecule has 0 unspecified atom stereocenters. The molecule has 124 valence electrons. The fraction of sp³-hybridized carbons (Fsp3) is 0.143. The summed E-state index contributed by atoms with van der Waals surface area (Å²) in [6, 6.07) is 20.2. The number of amides is 1. The number of aromatic nitrogens is 1. The number of hydrogen-bond donors (Lipinski definition) is 1. The SMILES string of the molecule is O=C(NCc1ccccc1)c1cncc(N2CCc3ccccc32)c1. The average Bonchev–Trinajstić information content (AvgIpc) is 3.11. The highest BCUT2D eigenvalue weighted by Crippen LogP contribution is 2.34. The Labute approximate surface area is 147 Å². The van der Waals surface area contributed by atoms with Crippen LogP contribution in [0.15, 0.2) is 73.1 Å². The van der Waals surface area contributed by atoms with Crippen LogP contribution in [0.1, 0.15) is 21.5 Å². The molecule has 2 heterocycles. The van der Waals surface area contributed by atoms with Gasteiger partial charge in [-0.3, -0.25) is 9.78 Å². The van der Waals surface area contributed by atoms with Crippen molar-refractivity contribution in [3.8, 4) is 0 Å². The fourth-order valence-corrected chi connectivity index (χ4v) is 3.19. The highest BCUT2D eigenvalue weighted by molar-refractivity contribution is 5.95. The summed E-state index contributed by atoms with van der Waals surface area (Å²) in [7, 11) is 0. The highest BCUT2D eigenvalue weighted by Gasteiger charge is 2.20. The predicted molar refractivity (Wildman–Crippen MR) is 99.0 cm³/mol. The third kappa shape index (κ3) is 3.24. The van der Waals surface area contributed by atoms with Gasteiger partial charge in [-0.1, -0.05) is 48.5 Å². The third-order valence-electron chi connectivity index (χ3n) is 4.48. The van der Waals surface area contributed by atoms with Crippen LogP contribution in [0.4, 0.5) is 11.4 Å². The molecule has 0 bridgehead atoms. The largest absolute Gasteiger partial charge is 0.348 e. The first kappa shape index (κ1) is 15.4. The number of nitrogens with one attached hydrogen (secondary N) is 1. The molecule has 0 fully saturated rings. The summed E-state index contributed by atoms with van der Waals surface area (Å²) in [4.78, 5) is 19.0. The lowest BCUT2D eigenvalue weighted by atomic mass is 10.2. The Morgan fingerprint density at radius 3 is 2.72 bits per heavy atom. The Hall–Kier alpha value is -3.14. The normalized spacial score (nSPS) is 12.7. The Morgan fingerprint density at radius 2 is 1.84 bits per heavy atom. The second kappa shape index (κ2) is 6.77. The second-order valence-electron chi connectivity index (χ2n) is 6.13. The molecule has 1 N–H and O–H groups in total. The smallest absolute Gasteiger partial charge is 0.253 e. The highest BCUT2D eigenvalue weighted by atomic mass is 16.1. The molecular weight excluding hydrogens is 310 g/mol. The summed E-state index contributed by atoms with van der Waals surface area (Å²) in [5, 5.41) is 2.95. The van der Waals surface area contributed by atoms with Crippen LogP contribution in [0.3, 0.4) is 0 Å². The Balaban J connectivity index is 1.51. The maximum Gasteiger partial charge on any atom is 0.253 e. The van der Waals surface area contributed by atoms with Gasteiger partial charge in [-0.05, 0) is 29.7 Å². The van der Waals surface area contributed by atoms with Gasteiger partial charge >= 0.3 is 0 Å². The molecule has 1 aliphatic rings. The molecule has 2 aromatic carbocycles. The lowest BCUT2D eigenvalue weighted by molar-refractivity contribution is 0.0950. The minimum Gasteiger partial charge on any atom is -0.348 e. The topological polar surface area (TPSA) is 45.2 Å². The molecule has 1 aliphatic heterocycles. The van der Waals surface area contributed by atoms with Crippen LogP contribution in [-0.4, -0.2) is 17.4 Å². The molecule has 0 aliphatic carbocycles. The van der Waals surface area contributed by atoms with E-state index in [0.717, 1.165) is 24.2 Å². The number of rotatable bonds is 4. The molecule has 4 nitrogen and oxygen atoms in total. The van der Waals surface area contributed by atoms with E-state index in [9.17, 15) is 4.79 Å². The summed E-state index contributed by atoms with van der Waals surface area (Å²) in [5.41, 5.74) is 5.15. The number of hydrogen-bond acceptors (Lipinski definition) is 3. The molecule has 0 spiro atoms. The van der Waals surface area contributed by atoms with Crippen molar-refractivity contribution in [1.82, 2.24) is 10.3 Å². The number of para-hydroxylation sites is 1. The quantitative estimate of drug-likeness (QED) is 0.794. The summed E-state index contributed by atoms with van der Waals surface area (Å²) in [6.45, 7) is 1.42. The number of carbonyl (C=O) groups excluding carboxylic acids is 1. The molecule has 0 saturated heterocycles. The number of fused-ring (bicyclic) bond motifs is 1. The Bertz CT molecular complexity index is 892. The van der Waals surface area contributed by atoms with Gasteiger partial charge in [0.25, 0.3) is 5.91 Å². The van der Waals surface area contributed by atoms with Gasteiger partial charge in [-0.15, -0.1) is 0 Å². The van der Waals surface area contributed by atoms with E-state index >= 15 is 0 Å². The fourth-order valence-electron chi connectivity index (χ4n) is 3.19. The van der Waals surface area contributed by atoms with E-state index in [1.54, 1.807) is 6.20 Å². The predicted octanol–water partition coefficient (Wildman–Crippen LogP) is 3.71. The second-order valence-corrected chi connectivity index (χ2v) is 6.13. The van der Waals surface area contributed by atoms with Crippen molar-refractivity contribution in [3.05, 3.63) is 89.7 Å². The molecule has 0 atom stereocenters. The van der Waals surface area contributed by atoms with Crippen LogP contribution in [-0.2, 0) is 13.0 Å². The lowest BCUT2D eigenvalue weighted by Crippen LogP contribution is -2.23. The zero-order chi connectivity index (χ0) is 17.1. The van der Waals surface area contributed by atoms with E-state index < -0.39 is 0 Å². The van der Waals surface area contributed by atoms with Gasteiger partial charge < -0.3 is 10.2 Å². The van der Waals surface area contributed by atoms with Gasteiger partial charge in [0.05, 0.1) is 17.4 Å². The Morgan fingerprint density at radius 1 is 1.04 bits per heavy atom. The Kier molecular flexibility index (Phi) is 4.17. The van der Waals surface area contributed by atoms with Crippen molar-refractivity contribution in [1.29, 1.82) is 0 Å². The van der Waals surface area contributed by atoms with E-state index in [1.165, 1.54) is 11.3 Å². The van der Waals surface area contributed by atoms with E-state index in [0.29, 0.717) is 12.1 Å². The first-order chi connectivity index (χ1) is 12.3. The first-order valence-electron chi connectivity index (χ1n) is 8.44. The van der Waals surface area contributed by atoms with Crippen molar-refractivity contribution in [2.75, 3.05) is 11.4 Å². The van der Waals surface area contributed by atoms with Crippen molar-refractivity contribution in [2.45, 2.75) is 13.0 Å². The average molecular weight is 329 g/mol. The van der Waals surface area contributed by atoms with Crippen LogP contribution < -0.4 is 10.2 Å². The van der Waals surface area contributed by atoms with Gasteiger partial charge in [0.1, 0.15) is 0 Å². The van der Waals surface area contributed by atoms with Crippen LogP contribution >= 0.6 is 0 Å². The maximum atomic E-state index is 12.5. The minimum absolute atomic E-state index is 0.106. The van der Waals surface area contributed by atoms with E-state index in [1.807, 2.05) is 48.7 Å². The standard InChI is InChI=1S/C21H19N3O/c25-21(23-13-16-6-2-1-3-7-16)18-12-19(15-22-14-18)24-11-10-17-8-4-5-9-20(17)24/h1-9,12,14-15H,10-11,13H2,(H,23,25). The van der Waals surface area contributed by atoms with E-state index in [-0.39, 0.29) is 5.91 Å². The molecule has 0 radical (unpaired) electrons. The molecule has 3 aromatic rings. The monoisotopic (exact) mass is 329 g/mol. The molecule has 4 heteroatoms. The van der Waals surface area contributed by atoms with Crippen LogP contribution in [0.5, 0.6) is 0 Å². The number of nitrogens with zero attached hydrogens (tertiary/aromatic N) is 2. The molecular formula is C21H19N3O. The summed E-state index contributed by atoms with van der Waals surface area (Å²) >= 11 is 0. The van der Waals surface area contributed by atoms with Gasteiger partial charge in [0, 0.05) is 25.0 Å². The molecule has 1 amide bonds. The third-order valence-corrected chi connectivity index (χ3v) is 4.48. The number of benzene rings is 2. The molecule has 0 saturated carbocycles. The van der Waals surface area contributed by atoms with Crippen LogP contribution in [0, 0.1) is 0 Å². The van der Waals surface area contributed by atoms with Crippen molar-refractivity contribution < 1.29 is 4.79 Å². The minimum atomic E-state index is -0.106. The molecule has 4 rings (SSSR count). The van der Waals surface area contributed by atoms with E-state index in [2.05, 4.69) is 33.4 Å². The van der Waals surface area contributed by atoms with Gasteiger partial charge in [0.15, 0.2) is 0 Å². The number of anilines is 2. The van der Waals surface area contributed by atoms with Crippen molar-refractivity contribution in [2.24, 2.45) is 0 Å². The van der Waals surface area contributed by atoms with Crippen LogP contribution in [0.25, 0.3) is 0 Å². The molecule has 1 aromatic heterocycles. The zero-order valence-corrected chi connectivity index (χ0v) is 13.9. The maximum absolute atomic E-state index is 12.5.